The fourth-order valence-electron chi connectivity index (χ4n) is 3.08. The molecule has 3 rings (SSSR count). The van der Waals surface area contributed by atoms with Gasteiger partial charge in [-0.2, -0.15) is 0 Å². The van der Waals surface area contributed by atoms with Crippen LogP contribution in [-0.2, 0) is 17.6 Å². The highest BCUT2D eigenvalue weighted by Gasteiger charge is 2.30. The minimum Gasteiger partial charge on any atom is -0.508 e. The van der Waals surface area contributed by atoms with Crippen molar-refractivity contribution in [2.24, 2.45) is 5.92 Å². The van der Waals surface area contributed by atoms with Crippen molar-refractivity contribution in [2.75, 3.05) is 11.4 Å². The second kappa shape index (κ2) is 5.60. The summed E-state index contributed by atoms with van der Waals surface area (Å²) in [6, 6.07) is 15.2. The van der Waals surface area contributed by atoms with Gasteiger partial charge in [-0.25, -0.2) is 0 Å². The maximum absolute atomic E-state index is 12.8. The Balaban J connectivity index is 1.81. The van der Waals surface area contributed by atoms with Crippen LogP contribution in [0.15, 0.2) is 48.5 Å². The summed E-state index contributed by atoms with van der Waals surface area (Å²) in [6.07, 6.45) is 1.62. The van der Waals surface area contributed by atoms with Gasteiger partial charge in [0.05, 0.1) is 0 Å². The molecule has 0 unspecified atom stereocenters. The summed E-state index contributed by atoms with van der Waals surface area (Å²) in [5.41, 5.74) is 3.32. The predicted octanol–water partition coefficient (Wildman–Crippen LogP) is 3.16. The van der Waals surface area contributed by atoms with Crippen LogP contribution in [0.3, 0.4) is 0 Å². The van der Waals surface area contributed by atoms with Crippen LogP contribution < -0.4 is 4.90 Å². The first kappa shape index (κ1) is 13.7. The lowest BCUT2D eigenvalue weighted by Gasteiger charge is -2.24. The normalized spacial score (nSPS) is 14.0. The molecule has 0 fully saturated rings. The number of rotatable bonds is 3. The number of phenolic OH excluding ortho intramolecular Hbond substituents is 1. The number of hydrogen-bond acceptors (Lipinski definition) is 2. The minimum absolute atomic E-state index is 0.00435. The molecule has 108 valence electrons. The van der Waals surface area contributed by atoms with E-state index in [9.17, 15) is 9.90 Å². The number of nitrogens with zero attached hydrogens (tertiary/aromatic N) is 1. The molecule has 2 aromatic carbocycles. The maximum atomic E-state index is 12.8. The van der Waals surface area contributed by atoms with Gasteiger partial charge in [0, 0.05) is 24.2 Å². The highest BCUT2D eigenvalue weighted by molar-refractivity contribution is 5.96. The summed E-state index contributed by atoms with van der Waals surface area (Å²) in [4.78, 5) is 14.6. The van der Waals surface area contributed by atoms with Crippen molar-refractivity contribution in [3.05, 3.63) is 59.7 Å². The number of anilines is 1. The van der Waals surface area contributed by atoms with Gasteiger partial charge in [-0.3, -0.25) is 4.79 Å². The number of hydrogen-bond donors (Lipinski definition) is 1. The third-order valence-corrected chi connectivity index (χ3v) is 4.12. The van der Waals surface area contributed by atoms with Crippen molar-refractivity contribution in [2.45, 2.75) is 19.8 Å². The molecule has 21 heavy (non-hydrogen) atoms. The Kier molecular flexibility index (Phi) is 3.65. The van der Waals surface area contributed by atoms with Crippen LogP contribution in [0.4, 0.5) is 5.69 Å². The Bertz CT molecular complexity index is 641. The molecule has 1 aliphatic carbocycles. The smallest absolute Gasteiger partial charge is 0.230 e. The molecule has 3 nitrogen and oxygen atoms in total. The average Bonchev–Trinajstić information content (AvgIpc) is 2.92. The first-order valence-corrected chi connectivity index (χ1v) is 7.36. The van der Waals surface area contributed by atoms with Crippen molar-refractivity contribution in [1.82, 2.24) is 0 Å². The van der Waals surface area contributed by atoms with Gasteiger partial charge >= 0.3 is 0 Å². The average molecular weight is 281 g/mol. The molecule has 0 spiro atoms. The quantitative estimate of drug-likeness (QED) is 0.938. The summed E-state index contributed by atoms with van der Waals surface area (Å²) in [7, 11) is 0. The Morgan fingerprint density at radius 2 is 1.81 bits per heavy atom. The van der Waals surface area contributed by atoms with E-state index in [4.69, 9.17) is 0 Å². The van der Waals surface area contributed by atoms with Crippen molar-refractivity contribution in [3.8, 4) is 5.75 Å². The zero-order valence-corrected chi connectivity index (χ0v) is 12.1. The van der Waals surface area contributed by atoms with Gasteiger partial charge in [-0.15, -0.1) is 0 Å². The highest BCUT2D eigenvalue weighted by Crippen LogP contribution is 2.30. The summed E-state index contributed by atoms with van der Waals surface area (Å²) >= 11 is 0. The molecule has 0 bridgehead atoms. The molecule has 0 heterocycles. The first-order valence-electron chi connectivity index (χ1n) is 7.36. The lowest BCUT2D eigenvalue weighted by atomic mass is 10.0. The van der Waals surface area contributed by atoms with Crippen LogP contribution in [0.1, 0.15) is 18.1 Å². The molecule has 0 atom stereocenters. The monoisotopic (exact) mass is 281 g/mol. The lowest BCUT2D eigenvalue weighted by Crippen LogP contribution is -2.36. The summed E-state index contributed by atoms with van der Waals surface area (Å²) in [5.74, 6) is 0.331. The van der Waals surface area contributed by atoms with Crippen molar-refractivity contribution in [1.29, 1.82) is 0 Å². The maximum Gasteiger partial charge on any atom is 0.230 e. The SMILES string of the molecule is CCN(C(=O)C1Cc2ccccc2C1)c1cccc(O)c1. The van der Waals surface area contributed by atoms with Crippen LogP contribution in [-0.4, -0.2) is 17.6 Å². The Morgan fingerprint density at radius 1 is 1.14 bits per heavy atom. The van der Waals surface area contributed by atoms with Crippen LogP contribution in [0.25, 0.3) is 0 Å². The molecular formula is C18H19NO2. The van der Waals surface area contributed by atoms with E-state index >= 15 is 0 Å². The second-order valence-corrected chi connectivity index (χ2v) is 5.48. The molecule has 1 N–H and O–H groups in total. The number of aromatic hydroxyl groups is 1. The third kappa shape index (κ3) is 2.64. The fraction of sp³-hybridized carbons (Fsp3) is 0.278. The van der Waals surface area contributed by atoms with Crippen LogP contribution in [0.2, 0.25) is 0 Å². The van der Waals surface area contributed by atoms with Crippen molar-refractivity contribution >= 4 is 11.6 Å². The van der Waals surface area contributed by atoms with Gasteiger partial charge in [0.2, 0.25) is 5.91 Å². The second-order valence-electron chi connectivity index (χ2n) is 5.48. The zero-order chi connectivity index (χ0) is 14.8. The van der Waals surface area contributed by atoms with Crippen LogP contribution in [0, 0.1) is 5.92 Å². The first-order chi connectivity index (χ1) is 10.2. The number of amides is 1. The number of fused-ring (bicyclic) bond motifs is 1. The molecule has 1 amide bonds. The Labute approximate surface area is 124 Å². The van der Waals surface area contributed by atoms with Gasteiger partial charge in [-0.05, 0) is 43.0 Å². The molecule has 0 radical (unpaired) electrons. The van der Waals surface area contributed by atoms with Crippen molar-refractivity contribution in [3.63, 3.8) is 0 Å². The molecule has 0 saturated heterocycles. The van der Waals surface area contributed by atoms with E-state index in [1.807, 2.05) is 25.1 Å². The predicted molar refractivity (Wildman–Crippen MR) is 83.5 cm³/mol. The van der Waals surface area contributed by atoms with Gasteiger partial charge in [0.1, 0.15) is 5.75 Å². The molecule has 3 heteroatoms. The van der Waals surface area contributed by atoms with Gasteiger partial charge in [0.15, 0.2) is 0 Å². The number of carbonyl (C=O) groups excluding carboxylic acids is 1. The summed E-state index contributed by atoms with van der Waals surface area (Å²) in [6.45, 7) is 2.57. The largest absolute Gasteiger partial charge is 0.508 e. The van der Waals surface area contributed by atoms with Crippen LogP contribution >= 0.6 is 0 Å². The molecule has 2 aromatic rings. The van der Waals surface area contributed by atoms with E-state index in [0.29, 0.717) is 6.54 Å². The molecule has 0 aromatic heterocycles. The topological polar surface area (TPSA) is 40.5 Å². The van der Waals surface area contributed by atoms with Gasteiger partial charge in [0.25, 0.3) is 0 Å². The highest BCUT2D eigenvalue weighted by atomic mass is 16.3. The number of benzene rings is 2. The van der Waals surface area contributed by atoms with E-state index in [-0.39, 0.29) is 17.6 Å². The summed E-state index contributed by atoms with van der Waals surface area (Å²) in [5, 5.41) is 9.61. The number of carbonyl (C=O) groups is 1. The summed E-state index contributed by atoms with van der Waals surface area (Å²) < 4.78 is 0. The molecule has 1 aliphatic rings. The molecular weight excluding hydrogens is 262 g/mol. The van der Waals surface area contributed by atoms with Gasteiger partial charge in [-0.1, -0.05) is 30.3 Å². The fourth-order valence-corrected chi connectivity index (χ4v) is 3.08. The van der Waals surface area contributed by atoms with Crippen LogP contribution in [0.5, 0.6) is 5.75 Å². The van der Waals surface area contributed by atoms with E-state index in [0.717, 1.165) is 18.5 Å². The van der Waals surface area contributed by atoms with E-state index in [1.165, 1.54) is 11.1 Å². The minimum atomic E-state index is 0.00435. The number of phenols is 1. The van der Waals surface area contributed by atoms with Crippen molar-refractivity contribution < 1.29 is 9.90 Å². The molecule has 0 aliphatic heterocycles. The standard InChI is InChI=1S/C18H19NO2/c1-2-19(16-8-5-9-17(20)12-16)18(21)15-10-13-6-3-4-7-14(13)11-15/h3-9,12,15,20H,2,10-11H2,1H3. The van der Waals surface area contributed by atoms with E-state index in [2.05, 4.69) is 12.1 Å². The van der Waals surface area contributed by atoms with E-state index < -0.39 is 0 Å². The lowest BCUT2D eigenvalue weighted by molar-refractivity contribution is -0.122. The van der Waals surface area contributed by atoms with E-state index in [1.54, 1.807) is 23.1 Å². The Hall–Kier alpha value is -2.29. The third-order valence-electron chi connectivity index (χ3n) is 4.12. The molecule has 0 saturated carbocycles. The van der Waals surface area contributed by atoms with Gasteiger partial charge < -0.3 is 10.0 Å². The zero-order valence-electron chi connectivity index (χ0n) is 12.1. The Morgan fingerprint density at radius 3 is 2.38 bits per heavy atom.